The Labute approximate surface area is 114 Å². The molecular weight excluding hydrogens is 248 g/mol. The molecule has 0 saturated carbocycles. The molecule has 2 N–H and O–H groups in total. The molecule has 0 spiro atoms. The Hall–Kier alpha value is -0.930. The first-order valence-corrected chi connectivity index (χ1v) is 6.68. The molecule has 1 atom stereocenters. The number of piperidine rings is 1. The lowest BCUT2D eigenvalue weighted by atomic mass is 9.87. The molecule has 18 heavy (non-hydrogen) atoms. The van der Waals surface area contributed by atoms with E-state index < -0.39 is 0 Å². The predicted octanol–water partition coefficient (Wildman–Crippen LogP) is 3.05. The molecule has 2 rings (SSSR count). The lowest BCUT2D eigenvalue weighted by molar-refractivity contribution is 0.327. The number of ether oxygens (including phenoxy) is 1. The Morgan fingerprint density at radius 1 is 1.44 bits per heavy atom. The van der Waals surface area contributed by atoms with E-state index in [9.17, 15) is 0 Å². The first-order valence-electron chi connectivity index (χ1n) is 6.31. The third-order valence-corrected chi connectivity index (χ3v) is 3.96. The van der Waals surface area contributed by atoms with Crippen LogP contribution < -0.4 is 15.4 Å². The summed E-state index contributed by atoms with van der Waals surface area (Å²) in [5.41, 5.74) is 7.26. The van der Waals surface area contributed by atoms with Crippen molar-refractivity contribution in [2.45, 2.75) is 38.3 Å². The van der Waals surface area contributed by atoms with Gasteiger partial charge in [-0.1, -0.05) is 11.6 Å². The molecule has 1 unspecified atom stereocenters. The van der Waals surface area contributed by atoms with E-state index in [0.717, 1.165) is 25.1 Å². The third-order valence-electron chi connectivity index (χ3n) is 3.66. The summed E-state index contributed by atoms with van der Waals surface area (Å²) in [5, 5.41) is 0.653. The second-order valence-electron chi connectivity index (χ2n) is 5.54. The maximum Gasteiger partial charge on any atom is 0.137 e. The summed E-state index contributed by atoms with van der Waals surface area (Å²) in [6.07, 6.45) is 2.02. The van der Waals surface area contributed by atoms with Gasteiger partial charge in [0.15, 0.2) is 0 Å². The average molecular weight is 269 g/mol. The summed E-state index contributed by atoms with van der Waals surface area (Å²) in [6.45, 7) is 5.42. The van der Waals surface area contributed by atoms with Gasteiger partial charge in [-0.3, -0.25) is 0 Å². The molecule has 0 aromatic heterocycles. The number of nitrogens with two attached hydrogens (primary N) is 1. The summed E-state index contributed by atoms with van der Waals surface area (Å²) in [5.74, 6) is 0.715. The van der Waals surface area contributed by atoms with Gasteiger partial charge in [-0.15, -0.1) is 0 Å². The second-order valence-corrected chi connectivity index (χ2v) is 5.94. The van der Waals surface area contributed by atoms with Crippen molar-refractivity contribution in [2.24, 2.45) is 5.73 Å². The van der Waals surface area contributed by atoms with Crippen LogP contribution in [0.4, 0.5) is 5.69 Å². The van der Waals surface area contributed by atoms with Crippen LogP contribution in [-0.4, -0.2) is 25.2 Å². The van der Waals surface area contributed by atoms with E-state index in [1.165, 1.54) is 0 Å². The van der Waals surface area contributed by atoms with Crippen molar-refractivity contribution in [3.05, 3.63) is 23.2 Å². The van der Waals surface area contributed by atoms with Crippen LogP contribution in [0.1, 0.15) is 26.7 Å². The van der Waals surface area contributed by atoms with Crippen LogP contribution in [0, 0.1) is 0 Å². The Balaban J connectivity index is 2.28. The van der Waals surface area contributed by atoms with Crippen LogP contribution in [0.15, 0.2) is 18.2 Å². The SMILES string of the molecule is COc1ccc(N2CCC(N)CC2(C)C)cc1Cl. The molecule has 0 bridgehead atoms. The van der Waals surface area contributed by atoms with Crippen LogP contribution in [0.3, 0.4) is 0 Å². The van der Waals surface area contributed by atoms with Gasteiger partial charge >= 0.3 is 0 Å². The van der Waals surface area contributed by atoms with E-state index in [1.54, 1.807) is 7.11 Å². The lowest BCUT2D eigenvalue weighted by Gasteiger charge is -2.46. The van der Waals surface area contributed by atoms with Gasteiger partial charge in [0.1, 0.15) is 5.75 Å². The Bertz CT molecular complexity index is 434. The second kappa shape index (κ2) is 4.98. The number of anilines is 1. The predicted molar refractivity (Wildman–Crippen MR) is 76.6 cm³/mol. The van der Waals surface area contributed by atoms with Crippen LogP contribution in [0.2, 0.25) is 5.02 Å². The van der Waals surface area contributed by atoms with E-state index in [1.807, 2.05) is 12.1 Å². The normalized spacial score (nSPS) is 22.9. The van der Waals surface area contributed by atoms with E-state index in [2.05, 4.69) is 24.8 Å². The Morgan fingerprint density at radius 3 is 2.72 bits per heavy atom. The number of hydrogen-bond donors (Lipinski definition) is 1. The quantitative estimate of drug-likeness (QED) is 0.896. The summed E-state index contributed by atoms with van der Waals surface area (Å²) in [7, 11) is 1.63. The Morgan fingerprint density at radius 2 is 2.17 bits per heavy atom. The minimum Gasteiger partial charge on any atom is -0.495 e. The number of halogens is 1. The molecule has 3 nitrogen and oxygen atoms in total. The molecule has 0 aliphatic carbocycles. The first kappa shape index (κ1) is 13.5. The standard InChI is InChI=1S/C14H21ClN2O/c1-14(2)9-10(16)6-7-17(14)11-4-5-13(18-3)12(15)8-11/h4-5,8,10H,6-7,9,16H2,1-3H3. The van der Waals surface area contributed by atoms with Crippen molar-refractivity contribution in [1.82, 2.24) is 0 Å². The van der Waals surface area contributed by atoms with Crippen LogP contribution in [-0.2, 0) is 0 Å². The highest BCUT2D eigenvalue weighted by atomic mass is 35.5. The van der Waals surface area contributed by atoms with Crippen LogP contribution in [0.5, 0.6) is 5.75 Å². The van der Waals surface area contributed by atoms with Gasteiger partial charge in [0.25, 0.3) is 0 Å². The minimum absolute atomic E-state index is 0.0651. The first-order chi connectivity index (χ1) is 8.44. The molecule has 1 saturated heterocycles. The molecule has 100 valence electrons. The van der Waals surface area contributed by atoms with Gasteiger partial charge in [-0.2, -0.15) is 0 Å². The number of benzene rings is 1. The lowest BCUT2D eigenvalue weighted by Crippen LogP contribution is -2.53. The summed E-state index contributed by atoms with van der Waals surface area (Å²) in [6, 6.07) is 6.25. The fraction of sp³-hybridized carbons (Fsp3) is 0.571. The number of hydrogen-bond acceptors (Lipinski definition) is 3. The summed E-state index contributed by atoms with van der Waals surface area (Å²) < 4.78 is 5.19. The van der Waals surface area contributed by atoms with Crippen molar-refractivity contribution in [2.75, 3.05) is 18.6 Å². The highest BCUT2D eigenvalue weighted by Gasteiger charge is 2.33. The van der Waals surface area contributed by atoms with Crippen molar-refractivity contribution >= 4 is 17.3 Å². The molecule has 0 amide bonds. The molecule has 1 aliphatic rings. The van der Waals surface area contributed by atoms with Gasteiger partial charge < -0.3 is 15.4 Å². The van der Waals surface area contributed by atoms with Gasteiger partial charge in [0.2, 0.25) is 0 Å². The molecule has 1 aromatic carbocycles. The van der Waals surface area contributed by atoms with E-state index >= 15 is 0 Å². The van der Waals surface area contributed by atoms with Crippen LogP contribution >= 0.6 is 11.6 Å². The van der Waals surface area contributed by atoms with E-state index in [4.69, 9.17) is 22.1 Å². The zero-order valence-electron chi connectivity index (χ0n) is 11.2. The van der Waals surface area contributed by atoms with E-state index in [-0.39, 0.29) is 5.54 Å². The molecule has 1 aliphatic heterocycles. The maximum atomic E-state index is 6.19. The molecule has 1 aromatic rings. The molecular formula is C14H21ClN2O. The highest BCUT2D eigenvalue weighted by molar-refractivity contribution is 6.32. The topological polar surface area (TPSA) is 38.5 Å². The third kappa shape index (κ3) is 2.57. The van der Waals surface area contributed by atoms with Crippen molar-refractivity contribution in [1.29, 1.82) is 0 Å². The smallest absolute Gasteiger partial charge is 0.137 e. The van der Waals surface area contributed by atoms with E-state index in [0.29, 0.717) is 16.8 Å². The van der Waals surface area contributed by atoms with Crippen molar-refractivity contribution in [3.8, 4) is 5.75 Å². The number of methoxy groups -OCH3 is 1. The van der Waals surface area contributed by atoms with Gasteiger partial charge in [0.05, 0.1) is 12.1 Å². The van der Waals surface area contributed by atoms with Crippen LogP contribution in [0.25, 0.3) is 0 Å². The molecule has 0 radical (unpaired) electrons. The average Bonchev–Trinajstić information content (AvgIpc) is 2.27. The van der Waals surface area contributed by atoms with Crippen molar-refractivity contribution < 1.29 is 4.74 Å². The zero-order valence-corrected chi connectivity index (χ0v) is 12.0. The fourth-order valence-electron chi connectivity index (χ4n) is 2.75. The monoisotopic (exact) mass is 268 g/mol. The molecule has 1 fully saturated rings. The van der Waals surface area contributed by atoms with Gasteiger partial charge in [-0.25, -0.2) is 0 Å². The molecule has 4 heteroatoms. The fourth-order valence-corrected chi connectivity index (χ4v) is 3.01. The maximum absolute atomic E-state index is 6.19. The molecule has 1 heterocycles. The Kier molecular flexibility index (Phi) is 3.74. The largest absolute Gasteiger partial charge is 0.495 e. The summed E-state index contributed by atoms with van der Waals surface area (Å²) >= 11 is 6.19. The number of nitrogens with zero attached hydrogens (tertiary/aromatic N) is 1. The van der Waals surface area contributed by atoms with Gasteiger partial charge in [-0.05, 0) is 44.9 Å². The number of rotatable bonds is 2. The summed E-state index contributed by atoms with van der Waals surface area (Å²) in [4.78, 5) is 2.38. The van der Waals surface area contributed by atoms with Gasteiger partial charge in [0, 0.05) is 23.8 Å². The van der Waals surface area contributed by atoms with Crippen molar-refractivity contribution in [3.63, 3.8) is 0 Å². The highest BCUT2D eigenvalue weighted by Crippen LogP contribution is 2.35. The minimum atomic E-state index is 0.0651. The zero-order chi connectivity index (χ0) is 13.3.